The highest BCUT2D eigenvalue weighted by molar-refractivity contribution is 5.37. The normalized spacial score (nSPS) is 32.5. The van der Waals surface area contributed by atoms with Crippen LogP contribution in [0.25, 0.3) is 0 Å². The monoisotopic (exact) mass is 287 g/mol. The molecule has 1 saturated carbocycles. The minimum atomic E-state index is 0.226. The first-order chi connectivity index (χ1) is 9.86. The third kappa shape index (κ3) is 2.43. The van der Waals surface area contributed by atoms with Gasteiger partial charge in [0.15, 0.2) is 0 Å². The smallest absolute Gasteiger partial charge is 0.0655 e. The van der Waals surface area contributed by atoms with Crippen molar-refractivity contribution in [1.29, 1.82) is 0 Å². The molecule has 0 bridgehead atoms. The largest absolute Gasteiger partial charge is 0.378 e. The van der Waals surface area contributed by atoms with Gasteiger partial charge >= 0.3 is 0 Å². The fourth-order valence-electron chi connectivity index (χ4n) is 4.16. The van der Waals surface area contributed by atoms with E-state index in [0.29, 0.717) is 18.2 Å². The van der Waals surface area contributed by atoms with Crippen LogP contribution in [0.3, 0.4) is 0 Å². The molecule has 0 radical (unpaired) electrons. The van der Waals surface area contributed by atoms with Gasteiger partial charge < -0.3 is 10.1 Å². The third-order valence-corrected chi connectivity index (χ3v) is 5.71. The lowest BCUT2D eigenvalue weighted by atomic mass is 9.63. The Morgan fingerprint density at radius 1 is 1.19 bits per heavy atom. The van der Waals surface area contributed by atoms with Crippen LogP contribution in [0.4, 0.5) is 0 Å². The topological polar surface area (TPSA) is 21.3 Å². The van der Waals surface area contributed by atoms with Crippen molar-refractivity contribution in [3.05, 3.63) is 35.4 Å². The highest BCUT2D eigenvalue weighted by Gasteiger charge is 2.51. The number of rotatable bonds is 4. The van der Waals surface area contributed by atoms with E-state index in [-0.39, 0.29) is 10.8 Å². The van der Waals surface area contributed by atoms with E-state index < -0.39 is 0 Å². The van der Waals surface area contributed by atoms with Crippen molar-refractivity contribution in [2.75, 3.05) is 6.61 Å². The number of nitrogens with one attached hydrogen (secondary N) is 1. The van der Waals surface area contributed by atoms with E-state index in [1.165, 1.54) is 17.5 Å². The van der Waals surface area contributed by atoms with Crippen LogP contribution in [0, 0.1) is 10.8 Å². The molecule has 2 heteroatoms. The van der Waals surface area contributed by atoms with Gasteiger partial charge in [-0.05, 0) is 36.3 Å². The molecule has 0 saturated heterocycles. The summed E-state index contributed by atoms with van der Waals surface area (Å²) in [6, 6.07) is 9.92. The molecule has 0 aromatic heterocycles. The molecule has 3 rings (SSSR count). The van der Waals surface area contributed by atoms with Crippen molar-refractivity contribution in [3.63, 3.8) is 0 Å². The molecule has 2 aliphatic carbocycles. The van der Waals surface area contributed by atoms with Gasteiger partial charge in [-0.1, -0.05) is 52.0 Å². The molecule has 0 heterocycles. The highest BCUT2D eigenvalue weighted by Crippen LogP contribution is 2.49. The van der Waals surface area contributed by atoms with Gasteiger partial charge in [-0.2, -0.15) is 0 Å². The summed E-state index contributed by atoms with van der Waals surface area (Å²) in [4.78, 5) is 0. The van der Waals surface area contributed by atoms with Crippen molar-refractivity contribution >= 4 is 0 Å². The van der Waals surface area contributed by atoms with Gasteiger partial charge in [0.1, 0.15) is 0 Å². The molecule has 3 atom stereocenters. The Balaban J connectivity index is 1.76. The van der Waals surface area contributed by atoms with Crippen LogP contribution in [0.5, 0.6) is 0 Å². The lowest BCUT2D eigenvalue weighted by molar-refractivity contribution is -0.119. The molecule has 116 valence electrons. The predicted molar refractivity (Wildman–Crippen MR) is 87.4 cm³/mol. The van der Waals surface area contributed by atoms with Gasteiger partial charge in [-0.15, -0.1) is 0 Å². The summed E-state index contributed by atoms with van der Waals surface area (Å²) in [5.74, 6) is 0. The van der Waals surface area contributed by atoms with Crippen LogP contribution < -0.4 is 5.32 Å². The minimum Gasteiger partial charge on any atom is -0.378 e. The summed E-state index contributed by atoms with van der Waals surface area (Å²) in [7, 11) is 0. The Kier molecular flexibility index (Phi) is 3.66. The van der Waals surface area contributed by atoms with Crippen molar-refractivity contribution in [3.8, 4) is 0 Å². The van der Waals surface area contributed by atoms with E-state index in [9.17, 15) is 0 Å². The summed E-state index contributed by atoms with van der Waals surface area (Å²) < 4.78 is 5.87. The summed E-state index contributed by atoms with van der Waals surface area (Å²) >= 11 is 0. The molecule has 1 aromatic rings. The van der Waals surface area contributed by atoms with Crippen LogP contribution in [0.1, 0.15) is 58.2 Å². The van der Waals surface area contributed by atoms with Gasteiger partial charge in [-0.3, -0.25) is 0 Å². The van der Waals surface area contributed by atoms with Gasteiger partial charge in [-0.25, -0.2) is 0 Å². The molecule has 21 heavy (non-hydrogen) atoms. The molecule has 2 nitrogen and oxygen atoms in total. The number of benzene rings is 1. The van der Waals surface area contributed by atoms with E-state index in [2.05, 4.69) is 64.2 Å². The van der Waals surface area contributed by atoms with Crippen molar-refractivity contribution < 1.29 is 4.74 Å². The standard InChI is InChI=1S/C19H29NO/c1-6-21-16-11-15(19(16,4)5)20-17-14-10-8-7-9-13(14)12-18(17,2)3/h7-10,15-17,20H,6,11-12H2,1-5H3. The Hall–Kier alpha value is -0.860. The molecule has 0 aliphatic heterocycles. The fourth-order valence-corrected chi connectivity index (χ4v) is 4.16. The second-order valence-corrected chi connectivity index (χ2v) is 8.02. The number of ether oxygens (including phenoxy) is 1. The molecular weight excluding hydrogens is 258 g/mol. The first-order valence-electron chi connectivity index (χ1n) is 8.31. The minimum absolute atomic E-state index is 0.226. The van der Waals surface area contributed by atoms with Crippen molar-refractivity contribution in [1.82, 2.24) is 5.32 Å². The lowest BCUT2D eigenvalue weighted by Crippen LogP contribution is -2.62. The maximum Gasteiger partial charge on any atom is 0.0655 e. The molecule has 0 spiro atoms. The number of fused-ring (bicyclic) bond motifs is 1. The van der Waals surface area contributed by atoms with Crippen molar-refractivity contribution in [2.24, 2.45) is 10.8 Å². The maximum atomic E-state index is 5.87. The van der Waals surface area contributed by atoms with Crippen LogP contribution in [-0.4, -0.2) is 18.8 Å². The van der Waals surface area contributed by atoms with Gasteiger partial charge in [0.2, 0.25) is 0 Å². The third-order valence-electron chi connectivity index (χ3n) is 5.71. The Morgan fingerprint density at radius 3 is 2.57 bits per heavy atom. The lowest BCUT2D eigenvalue weighted by Gasteiger charge is -2.53. The quantitative estimate of drug-likeness (QED) is 0.900. The molecule has 3 unspecified atom stereocenters. The number of hydrogen-bond donors (Lipinski definition) is 1. The second kappa shape index (κ2) is 5.10. The van der Waals surface area contributed by atoms with Crippen LogP contribution >= 0.6 is 0 Å². The average Bonchev–Trinajstić information content (AvgIpc) is 2.68. The van der Waals surface area contributed by atoms with E-state index in [4.69, 9.17) is 4.74 Å². The average molecular weight is 287 g/mol. The van der Waals surface area contributed by atoms with Crippen LogP contribution in [0.2, 0.25) is 0 Å². The first-order valence-corrected chi connectivity index (χ1v) is 8.31. The van der Waals surface area contributed by atoms with Crippen LogP contribution in [-0.2, 0) is 11.2 Å². The zero-order chi connectivity index (χ0) is 15.3. The molecule has 0 amide bonds. The second-order valence-electron chi connectivity index (χ2n) is 8.02. The van der Waals surface area contributed by atoms with E-state index in [1.54, 1.807) is 0 Å². The van der Waals surface area contributed by atoms with Crippen LogP contribution in [0.15, 0.2) is 24.3 Å². The van der Waals surface area contributed by atoms with E-state index in [0.717, 1.165) is 13.0 Å². The zero-order valence-electron chi connectivity index (χ0n) is 14.1. The van der Waals surface area contributed by atoms with Gasteiger partial charge in [0.05, 0.1) is 6.10 Å². The van der Waals surface area contributed by atoms with E-state index >= 15 is 0 Å². The Labute approximate surface area is 129 Å². The Bertz CT molecular complexity index is 520. The fraction of sp³-hybridized carbons (Fsp3) is 0.684. The van der Waals surface area contributed by atoms with E-state index in [1.807, 2.05) is 0 Å². The number of hydrogen-bond acceptors (Lipinski definition) is 2. The van der Waals surface area contributed by atoms with Crippen molar-refractivity contribution in [2.45, 2.75) is 65.6 Å². The summed E-state index contributed by atoms with van der Waals surface area (Å²) in [5.41, 5.74) is 3.52. The van der Waals surface area contributed by atoms with Gasteiger partial charge in [0, 0.05) is 24.1 Å². The predicted octanol–water partition coefficient (Wildman–Crippen LogP) is 4.10. The summed E-state index contributed by atoms with van der Waals surface area (Å²) in [5, 5.41) is 3.96. The summed E-state index contributed by atoms with van der Waals surface area (Å²) in [6.45, 7) is 12.4. The SMILES string of the molecule is CCOC1CC(NC2c3ccccc3CC2(C)C)C1(C)C. The molecule has 1 fully saturated rings. The van der Waals surface area contributed by atoms with Gasteiger partial charge in [0.25, 0.3) is 0 Å². The molecule has 2 aliphatic rings. The Morgan fingerprint density at radius 2 is 1.90 bits per heavy atom. The first kappa shape index (κ1) is 15.1. The molecule has 1 N–H and O–H groups in total. The highest BCUT2D eigenvalue weighted by atomic mass is 16.5. The zero-order valence-corrected chi connectivity index (χ0v) is 14.1. The molecular formula is C19H29NO. The summed E-state index contributed by atoms with van der Waals surface area (Å²) in [6.07, 6.45) is 2.71. The molecule has 1 aromatic carbocycles. The maximum absolute atomic E-state index is 5.87.